The smallest absolute Gasteiger partial charge is 0.349 e. The number of rotatable bonds is 2. The van der Waals surface area contributed by atoms with E-state index in [-0.39, 0.29) is 6.07 Å². The lowest BCUT2D eigenvalue weighted by Gasteiger charge is -2.17. The summed E-state index contributed by atoms with van der Waals surface area (Å²) in [5.74, 6) is -0.629. The highest BCUT2D eigenvalue weighted by molar-refractivity contribution is 5.78. The lowest BCUT2D eigenvalue weighted by molar-refractivity contribution is -0.143. The molecule has 8 heteroatoms. The number of nitrogens with zero attached hydrogens (tertiary/aromatic N) is 1. The molecule has 0 heterocycles. The molecule has 0 aliphatic rings. The molecule has 20 heavy (non-hydrogen) atoms. The van der Waals surface area contributed by atoms with Gasteiger partial charge in [-0.2, -0.15) is 26.3 Å². The van der Waals surface area contributed by atoms with Crippen LogP contribution in [0, 0.1) is 0 Å². The molecule has 0 saturated carbocycles. The van der Waals surface area contributed by atoms with E-state index in [0.717, 1.165) is 4.90 Å². The fraction of sp³-hybridized carbons (Fsp3) is 0.417. The van der Waals surface area contributed by atoms with Gasteiger partial charge >= 0.3 is 12.4 Å². The summed E-state index contributed by atoms with van der Waals surface area (Å²) in [7, 11) is 2.69. The normalized spacial score (nSPS) is 12.4. The summed E-state index contributed by atoms with van der Waals surface area (Å²) >= 11 is 0. The summed E-state index contributed by atoms with van der Waals surface area (Å²) in [4.78, 5) is 12.5. The highest BCUT2D eigenvalue weighted by Gasteiger charge is 2.38. The van der Waals surface area contributed by atoms with Gasteiger partial charge in [0.15, 0.2) is 0 Å². The van der Waals surface area contributed by atoms with Crippen molar-refractivity contribution in [3.05, 3.63) is 34.9 Å². The van der Waals surface area contributed by atoms with E-state index in [1.54, 1.807) is 0 Å². The molecule has 1 aromatic carbocycles. The topological polar surface area (TPSA) is 20.3 Å². The number of carbonyl (C=O) groups excluding carboxylic acids is 1. The predicted molar refractivity (Wildman–Crippen MR) is 58.8 cm³/mol. The third-order valence-corrected chi connectivity index (χ3v) is 2.58. The number of hydrogen-bond donors (Lipinski definition) is 0. The van der Waals surface area contributed by atoms with Crippen LogP contribution < -0.4 is 0 Å². The van der Waals surface area contributed by atoms with Gasteiger partial charge in [0.25, 0.3) is 0 Å². The van der Waals surface area contributed by atoms with Gasteiger partial charge in [0.1, 0.15) is 0 Å². The van der Waals surface area contributed by atoms with Gasteiger partial charge in [0.2, 0.25) is 5.91 Å². The maximum atomic E-state index is 12.8. The molecule has 0 saturated heterocycles. The van der Waals surface area contributed by atoms with Crippen LogP contribution in [0.15, 0.2) is 18.2 Å². The number of halogens is 6. The first-order valence-electron chi connectivity index (χ1n) is 5.40. The lowest BCUT2D eigenvalue weighted by Crippen LogP contribution is -2.25. The fourth-order valence-electron chi connectivity index (χ4n) is 1.49. The van der Waals surface area contributed by atoms with E-state index in [9.17, 15) is 31.1 Å². The summed E-state index contributed by atoms with van der Waals surface area (Å²) in [5, 5.41) is 0. The number of alkyl halides is 6. The van der Waals surface area contributed by atoms with E-state index in [4.69, 9.17) is 0 Å². The Bertz CT molecular complexity index is 504. The van der Waals surface area contributed by atoms with E-state index < -0.39 is 41.4 Å². The maximum Gasteiger partial charge on any atom is 0.416 e. The molecular formula is C12H11F6NO. The molecule has 1 amide bonds. The molecule has 1 aromatic rings. The molecule has 0 radical (unpaired) electrons. The Morgan fingerprint density at radius 3 is 2.00 bits per heavy atom. The minimum Gasteiger partial charge on any atom is -0.349 e. The second kappa shape index (κ2) is 5.34. The van der Waals surface area contributed by atoms with Crippen LogP contribution >= 0.6 is 0 Å². The van der Waals surface area contributed by atoms with E-state index in [1.807, 2.05) is 0 Å². The molecule has 0 atom stereocenters. The van der Waals surface area contributed by atoms with Crippen molar-refractivity contribution in [3.63, 3.8) is 0 Å². The van der Waals surface area contributed by atoms with E-state index >= 15 is 0 Å². The number of likely N-dealkylation sites (N-methyl/N-ethyl adjacent to an activating group) is 1. The monoisotopic (exact) mass is 299 g/mol. The van der Waals surface area contributed by atoms with Crippen LogP contribution in [0.25, 0.3) is 0 Å². The Morgan fingerprint density at radius 2 is 1.60 bits per heavy atom. The number of benzene rings is 1. The minimum atomic E-state index is -4.96. The molecule has 1 rings (SSSR count). The number of hydrogen-bond acceptors (Lipinski definition) is 1. The SMILES string of the molecule is CN(C)C(=O)Cc1ccc(C(F)(F)F)cc1C(F)(F)F. The van der Waals surface area contributed by atoms with Gasteiger partial charge in [-0.1, -0.05) is 6.07 Å². The summed E-state index contributed by atoms with van der Waals surface area (Å²) < 4.78 is 75.6. The van der Waals surface area contributed by atoms with Gasteiger partial charge in [-0.05, 0) is 17.7 Å². The summed E-state index contributed by atoms with van der Waals surface area (Å²) in [5.41, 5.74) is -3.32. The zero-order valence-corrected chi connectivity index (χ0v) is 10.6. The fourth-order valence-corrected chi connectivity index (χ4v) is 1.49. The van der Waals surface area contributed by atoms with Crippen molar-refractivity contribution in [2.75, 3.05) is 14.1 Å². The first-order valence-corrected chi connectivity index (χ1v) is 5.40. The molecule has 0 spiro atoms. The number of amides is 1. The highest BCUT2D eigenvalue weighted by atomic mass is 19.4. The highest BCUT2D eigenvalue weighted by Crippen LogP contribution is 2.37. The Hall–Kier alpha value is -1.73. The Balaban J connectivity index is 3.29. The van der Waals surface area contributed by atoms with Crippen molar-refractivity contribution in [2.24, 2.45) is 0 Å². The third kappa shape index (κ3) is 3.88. The maximum absolute atomic E-state index is 12.8. The Labute approximate surface area is 111 Å². The van der Waals surface area contributed by atoms with Crippen molar-refractivity contribution < 1.29 is 31.1 Å². The lowest BCUT2D eigenvalue weighted by atomic mass is 10.00. The average Bonchev–Trinajstić information content (AvgIpc) is 2.26. The molecule has 112 valence electrons. The van der Waals surface area contributed by atoms with Crippen LogP contribution in [0.3, 0.4) is 0 Å². The zero-order valence-electron chi connectivity index (χ0n) is 10.6. The molecule has 0 fully saturated rings. The van der Waals surface area contributed by atoms with E-state index in [2.05, 4.69) is 0 Å². The van der Waals surface area contributed by atoms with Crippen LogP contribution in [0.1, 0.15) is 16.7 Å². The standard InChI is InChI=1S/C12H11F6NO/c1-19(2)10(20)5-7-3-4-8(11(13,14)15)6-9(7)12(16,17)18/h3-4,6H,5H2,1-2H3. The van der Waals surface area contributed by atoms with Crippen LogP contribution in [-0.4, -0.2) is 24.9 Å². The molecule has 0 N–H and O–H groups in total. The summed E-state index contributed by atoms with van der Waals surface area (Å²) in [6.07, 6.45) is -10.4. The summed E-state index contributed by atoms with van der Waals surface area (Å²) in [6, 6.07) is 1.25. The van der Waals surface area contributed by atoms with Crippen LogP contribution in [0.5, 0.6) is 0 Å². The van der Waals surface area contributed by atoms with Crippen molar-refractivity contribution in [3.8, 4) is 0 Å². The van der Waals surface area contributed by atoms with Crippen molar-refractivity contribution in [2.45, 2.75) is 18.8 Å². The second-order valence-corrected chi connectivity index (χ2v) is 4.33. The molecule has 0 aliphatic carbocycles. The Kier molecular flexibility index (Phi) is 4.36. The first kappa shape index (κ1) is 16.3. The molecule has 2 nitrogen and oxygen atoms in total. The van der Waals surface area contributed by atoms with Gasteiger partial charge in [0, 0.05) is 14.1 Å². The largest absolute Gasteiger partial charge is 0.416 e. The van der Waals surface area contributed by atoms with E-state index in [0.29, 0.717) is 12.1 Å². The summed E-state index contributed by atoms with van der Waals surface area (Å²) in [6.45, 7) is 0. The minimum absolute atomic E-state index is 0.0261. The van der Waals surface area contributed by atoms with Crippen LogP contribution in [0.2, 0.25) is 0 Å². The molecule has 0 unspecified atom stereocenters. The molecular weight excluding hydrogens is 288 g/mol. The molecule has 0 aliphatic heterocycles. The van der Waals surface area contributed by atoms with Gasteiger partial charge < -0.3 is 4.90 Å². The van der Waals surface area contributed by atoms with Crippen molar-refractivity contribution in [1.82, 2.24) is 4.90 Å². The van der Waals surface area contributed by atoms with Gasteiger partial charge in [-0.15, -0.1) is 0 Å². The Morgan fingerprint density at radius 1 is 1.05 bits per heavy atom. The first-order chi connectivity index (χ1) is 8.93. The van der Waals surface area contributed by atoms with Crippen molar-refractivity contribution in [1.29, 1.82) is 0 Å². The van der Waals surface area contributed by atoms with Crippen molar-refractivity contribution >= 4 is 5.91 Å². The molecule has 0 bridgehead atoms. The quantitative estimate of drug-likeness (QED) is 0.767. The number of carbonyl (C=O) groups is 1. The third-order valence-electron chi connectivity index (χ3n) is 2.58. The molecule has 0 aromatic heterocycles. The van der Waals surface area contributed by atoms with Crippen LogP contribution in [0.4, 0.5) is 26.3 Å². The zero-order chi connectivity index (χ0) is 15.7. The van der Waals surface area contributed by atoms with Gasteiger partial charge in [0.05, 0.1) is 17.5 Å². The van der Waals surface area contributed by atoms with Gasteiger partial charge in [-0.25, -0.2) is 0 Å². The van der Waals surface area contributed by atoms with E-state index in [1.165, 1.54) is 14.1 Å². The van der Waals surface area contributed by atoms with Crippen LogP contribution in [-0.2, 0) is 23.6 Å². The van der Waals surface area contributed by atoms with Gasteiger partial charge in [-0.3, -0.25) is 4.79 Å². The average molecular weight is 299 g/mol. The predicted octanol–water partition coefficient (Wildman–Crippen LogP) is 3.35. The second-order valence-electron chi connectivity index (χ2n) is 4.33.